The predicted octanol–water partition coefficient (Wildman–Crippen LogP) is 4.59. The molecule has 1 saturated heterocycles. The van der Waals surface area contributed by atoms with Crippen molar-refractivity contribution in [3.63, 3.8) is 0 Å². The number of amides is 2. The van der Waals surface area contributed by atoms with Gasteiger partial charge in [0.1, 0.15) is 0 Å². The molecule has 2 aliphatic rings. The lowest BCUT2D eigenvalue weighted by atomic mass is 9.89. The van der Waals surface area contributed by atoms with Crippen molar-refractivity contribution in [2.24, 2.45) is 5.92 Å². The monoisotopic (exact) mass is 419 g/mol. The van der Waals surface area contributed by atoms with E-state index >= 15 is 0 Å². The van der Waals surface area contributed by atoms with Crippen molar-refractivity contribution in [2.75, 3.05) is 18.4 Å². The summed E-state index contributed by atoms with van der Waals surface area (Å²) in [6.07, 6.45) is 3.68. The molecular formula is C24H25N3O2S. The summed E-state index contributed by atoms with van der Waals surface area (Å²) in [6.45, 7) is 1.55. The summed E-state index contributed by atoms with van der Waals surface area (Å²) in [4.78, 5) is 31.9. The van der Waals surface area contributed by atoms with Gasteiger partial charge >= 0.3 is 0 Å². The molecule has 3 aromatic rings. The molecule has 154 valence electrons. The van der Waals surface area contributed by atoms with E-state index in [9.17, 15) is 9.59 Å². The Hall–Kier alpha value is -2.73. The molecule has 0 spiro atoms. The fourth-order valence-electron chi connectivity index (χ4n) is 4.54. The number of aromatic nitrogens is 1. The number of nitrogens with zero attached hydrogens (tertiary/aromatic N) is 2. The third kappa shape index (κ3) is 3.84. The SMILES string of the molecule is O=C1Nc2ccccc2C[C@H]1CCC(=O)N1CCC(c2nc3ccccc3s2)CC1. The number of benzene rings is 2. The van der Waals surface area contributed by atoms with Crippen LogP contribution in [0.1, 0.15) is 42.2 Å². The van der Waals surface area contributed by atoms with Crippen molar-refractivity contribution < 1.29 is 9.59 Å². The first-order valence-electron chi connectivity index (χ1n) is 10.7. The highest BCUT2D eigenvalue weighted by molar-refractivity contribution is 7.18. The highest BCUT2D eigenvalue weighted by atomic mass is 32.1. The number of carbonyl (C=O) groups is 2. The van der Waals surface area contributed by atoms with Gasteiger partial charge in [-0.2, -0.15) is 0 Å². The molecule has 2 aromatic carbocycles. The number of piperidine rings is 1. The van der Waals surface area contributed by atoms with Crippen LogP contribution >= 0.6 is 11.3 Å². The Morgan fingerprint density at radius 3 is 2.70 bits per heavy atom. The smallest absolute Gasteiger partial charge is 0.227 e. The van der Waals surface area contributed by atoms with Crippen LogP contribution in [0, 0.1) is 5.92 Å². The minimum absolute atomic E-state index is 0.0380. The van der Waals surface area contributed by atoms with Gasteiger partial charge in [0, 0.05) is 37.0 Å². The van der Waals surface area contributed by atoms with Crippen LogP contribution in [0.15, 0.2) is 48.5 Å². The van der Waals surface area contributed by atoms with E-state index in [2.05, 4.69) is 29.6 Å². The number of anilines is 1. The highest BCUT2D eigenvalue weighted by Gasteiger charge is 2.29. The van der Waals surface area contributed by atoms with E-state index in [1.54, 1.807) is 11.3 Å². The summed E-state index contributed by atoms with van der Waals surface area (Å²) < 4.78 is 1.23. The molecule has 1 fully saturated rings. The second kappa shape index (κ2) is 8.19. The molecule has 2 amide bonds. The molecule has 0 radical (unpaired) electrons. The van der Waals surface area contributed by atoms with Gasteiger partial charge in [0.25, 0.3) is 0 Å². The lowest BCUT2D eigenvalue weighted by Crippen LogP contribution is -2.38. The van der Waals surface area contributed by atoms with Gasteiger partial charge in [-0.05, 0) is 49.4 Å². The van der Waals surface area contributed by atoms with Crippen LogP contribution in [-0.2, 0) is 16.0 Å². The third-order valence-electron chi connectivity index (χ3n) is 6.33. The Morgan fingerprint density at radius 2 is 1.87 bits per heavy atom. The zero-order valence-electron chi connectivity index (χ0n) is 16.8. The average Bonchev–Trinajstić information content (AvgIpc) is 3.22. The fraction of sp³-hybridized carbons (Fsp3) is 0.375. The standard InChI is InChI=1S/C24H25N3O2S/c28-22(10-9-18-15-17-5-1-2-6-19(17)25-23(18)29)27-13-11-16(12-14-27)24-26-20-7-3-4-8-21(20)30-24/h1-8,16,18H,9-15H2,(H,25,29)/t18-/m1/s1. The number of likely N-dealkylation sites (tertiary alicyclic amines) is 1. The molecule has 6 heteroatoms. The molecule has 5 rings (SSSR count). The summed E-state index contributed by atoms with van der Waals surface area (Å²) in [5.41, 5.74) is 3.14. The number of thiazole rings is 1. The lowest BCUT2D eigenvalue weighted by Gasteiger charge is -2.32. The number of carbonyl (C=O) groups excluding carboxylic acids is 2. The van der Waals surface area contributed by atoms with E-state index in [-0.39, 0.29) is 17.7 Å². The third-order valence-corrected chi connectivity index (χ3v) is 7.53. The Kier molecular flexibility index (Phi) is 5.25. The van der Waals surface area contributed by atoms with Gasteiger partial charge in [0.05, 0.1) is 15.2 Å². The second-order valence-corrected chi connectivity index (χ2v) is 9.32. The van der Waals surface area contributed by atoms with E-state index in [0.29, 0.717) is 18.8 Å². The molecular weight excluding hydrogens is 394 g/mol. The van der Waals surface area contributed by atoms with E-state index in [1.165, 1.54) is 9.71 Å². The molecule has 0 unspecified atom stereocenters. The number of nitrogens with one attached hydrogen (secondary N) is 1. The Balaban J connectivity index is 1.14. The average molecular weight is 420 g/mol. The quantitative estimate of drug-likeness (QED) is 0.673. The number of fused-ring (bicyclic) bond motifs is 2. The second-order valence-electron chi connectivity index (χ2n) is 8.26. The zero-order valence-corrected chi connectivity index (χ0v) is 17.7. The zero-order chi connectivity index (χ0) is 20.5. The maximum Gasteiger partial charge on any atom is 0.227 e. The topological polar surface area (TPSA) is 62.3 Å². The minimum atomic E-state index is -0.121. The molecule has 0 aliphatic carbocycles. The molecule has 3 heterocycles. The van der Waals surface area contributed by atoms with Gasteiger partial charge < -0.3 is 10.2 Å². The Labute approximate surface area is 180 Å². The van der Waals surface area contributed by atoms with Crippen LogP contribution in [0.2, 0.25) is 0 Å². The molecule has 1 N–H and O–H groups in total. The van der Waals surface area contributed by atoms with Crippen molar-refractivity contribution in [1.82, 2.24) is 9.88 Å². The van der Waals surface area contributed by atoms with Crippen molar-refractivity contribution in [2.45, 2.75) is 38.0 Å². The maximum atomic E-state index is 12.8. The first-order valence-corrected chi connectivity index (χ1v) is 11.5. The summed E-state index contributed by atoms with van der Waals surface area (Å²) in [5.74, 6) is 0.525. The summed E-state index contributed by atoms with van der Waals surface area (Å²) in [6, 6.07) is 16.2. The van der Waals surface area contributed by atoms with Gasteiger partial charge in [-0.15, -0.1) is 11.3 Å². The van der Waals surface area contributed by atoms with Gasteiger partial charge in [0.2, 0.25) is 11.8 Å². The Morgan fingerprint density at radius 1 is 1.10 bits per heavy atom. The number of hydrogen-bond acceptors (Lipinski definition) is 4. The van der Waals surface area contributed by atoms with Gasteiger partial charge in [-0.1, -0.05) is 30.3 Å². The molecule has 0 bridgehead atoms. The van der Waals surface area contributed by atoms with Crippen molar-refractivity contribution in [1.29, 1.82) is 0 Å². The summed E-state index contributed by atoms with van der Waals surface area (Å²) in [7, 11) is 0. The molecule has 1 atom stereocenters. The van der Waals surface area contributed by atoms with Crippen LogP contribution < -0.4 is 5.32 Å². The fourth-order valence-corrected chi connectivity index (χ4v) is 5.68. The number of hydrogen-bond donors (Lipinski definition) is 1. The first-order chi connectivity index (χ1) is 14.7. The van der Waals surface area contributed by atoms with Gasteiger partial charge in [-0.3, -0.25) is 9.59 Å². The van der Waals surface area contributed by atoms with Crippen LogP contribution in [0.4, 0.5) is 5.69 Å². The number of rotatable bonds is 4. The highest BCUT2D eigenvalue weighted by Crippen LogP contribution is 2.34. The van der Waals surface area contributed by atoms with E-state index in [1.807, 2.05) is 29.2 Å². The maximum absolute atomic E-state index is 12.8. The van der Waals surface area contributed by atoms with Crippen LogP contribution in [0.25, 0.3) is 10.2 Å². The molecule has 30 heavy (non-hydrogen) atoms. The molecule has 0 saturated carbocycles. The normalized spacial score (nSPS) is 19.5. The van der Waals surface area contributed by atoms with Crippen LogP contribution in [0.5, 0.6) is 0 Å². The summed E-state index contributed by atoms with van der Waals surface area (Å²) in [5, 5.41) is 4.17. The van der Waals surface area contributed by atoms with E-state index < -0.39 is 0 Å². The van der Waals surface area contributed by atoms with Crippen LogP contribution in [-0.4, -0.2) is 34.8 Å². The molecule has 5 nitrogen and oxygen atoms in total. The molecule has 2 aliphatic heterocycles. The van der Waals surface area contributed by atoms with Gasteiger partial charge in [0.15, 0.2) is 0 Å². The van der Waals surface area contributed by atoms with Crippen LogP contribution in [0.3, 0.4) is 0 Å². The van der Waals surface area contributed by atoms with Crippen molar-refractivity contribution in [3.8, 4) is 0 Å². The predicted molar refractivity (Wildman–Crippen MR) is 120 cm³/mol. The lowest BCUT2D eigenvalue weighted by molar-refractivity contribution is -0.132. The first kappa shape index (κ1) is 19.2. The van der Waals surface area contributed by atoms with Crippen molar-refractivity contribution >= 4 is 39.1 Å². The summed E-state index contributed by atoms with van der Waals surface area (Å²) >= 11 is 1.78. The van der Waals surface area contributed by atoms with E-state index in [4.69, 9.17) is 4.98 Å². The van der Waals surface area contributed by atoms with Gasteiger partial charge in [-0.25, -0.2) is 4.98 Å². The number of para-hydroxylation sites is 2. The van der Waals surface area contributed by atoms with E-state index in [0.717, 1.165) is 49.1 Å². The Bertz CT molecular complexity index is 1050. The molecule has 1 aromatic heterocycles. The largest absolute Gasteiger partial charge is 0.343 e. The van der Waals surface area contributed by atoms with Crippen molar-refractivity contribution in [3.05, 3.63) is 59.1 Å². The minimum Gasteiger partial charge on any atom is -0.343 e.